The Morgan fingerprint density at radius 2 is 2.18 bits per heavy atom. The van der Waals surface area contributed by atoms with E-state index >= 15 is 0 Å². The highest BCUT2D eigenvalue weighted by Gasteiger charge is 2.05. The molecule has 0 aliphatic rings. The van der Waals surface area contributed by atoms with Crippen molar-refractivity contribution in [3.05, 3.63) is 28.4 Å². The van der Waals surface area contributed by atoms with Gasteiger partial charge in [-0.15, -0.1) is 10.2 Å². The zero-order chi connectivity index (χ0) is 12.3. The zero-order valence-corrected chi connectivity index (χ0v) is 10.6. The van der Waals surface area contributed by atoms with Crippen LogP contribution in [-0.4, -0.2) is 31.5 Å². The Balaban J connectivity index is 1.91. The summed E-state index contributed by atoms with van der Waals surface area (Å²) in [6.07, 6.45) is 4.58. The summed E-state index contributed by atoms with van der Waals surface area (Å²) in [6, 6.07) is 0. The Bertz CT molecular complexity index is 512. The lowest BCUT2D eigenvalue weighted by molar-refractivity contribution is 0.766. The molecule has 0 aromatic carbocycles. The van der Waals surface area contributed by atoms with Crippen LogP contribution < -0.4 is 5.32 Å². The molecule has 0 radical (unpaired) electrons. The summed E-state index contributed by atoms with van der Waals surface area (Å²) in [5.74, 6) is 0.440. The van der Waals surface area contributed by atoms with Gasteiger partial charge in [0.15, 0.2) is 11.0 Å². The standard InChI is InChI=1S/C9H10Cl2N6/c1-17-5-6(4-13-17)2-3-12-8-7(10)15-16-9(11)14-8/h4-5H,2-3H2,1H3,(H,12,14,16). The Hall–Kier alpha value is -1.40. The van der Waals surface area contributed by atoms with Gasteiger partial charge < -0.3 is 5.32 Å². The number of hydrogen-bond acceptors (Lipinski definition) is 5. The SMILES string of the molecule is Cn1cc(CCNc2nc(Cl)nnc2Cl)cn1. The van der Waals surface area contributed by atoms with Gasteiger partial charge in [-0.2, -0.15) is 10.1 Å². The summed E-state index contributed by atoms with van der Waals surface area (Å²) in [4.78, 5) is 3.94. The van der Waals surface area contributed by atoms with E-state index in [0.717, 1.165) is 12.0 Å². The van der Waals surface area contributed by atoms with Crippen molar-refractivity contribution >= 4 is 29.0 Å². The predicted molar refractivity (Wildman–Crippen MR) is 65.2 cm³/mol. The second-order valence-corrected chi connectivity index (χ2v) is 4.12. The third kappa shape index (κ3) is 3.28. The number of aromatic nitrogens is 5. The first-order chi connectivity index (χ1) is 8.15. The monoisotopic (exact) mass is 272 g/mol. The molecule has 0 aliphatic heterocycles. The van der Waals surface area contributed by atoms with Crippen molar-refractivity contribution < 1.29 is 0 Å². The number of hydrogen-bond donors (Lipinski definition) is 1. The molecule has 2 heterocycles. The molecule has 0 spiro atoms. The zero-order valence-electron chi connectivity index (χ0n) is 9.06. The molecular weight excluding hydrogens is 263 g/mol. The molecule has 0 aliphatic carbocycles. The largest absolute Gasteiger partial charge is 0.367 e. The Kier molecular flexibility index (Phi) is 3.75. The molecule has 2 aromatic rings. The van der Waals surface area contributed by atoms with Crippen LogP contribution >= 0.6 is 23.2 Å². The van der Waals surface area contributed by atoms with E-state index < -0.39 is 0 Å². The summed E-state index contributed by atoms with van der Waals surface area (Å²) in [6.45, 7) is 0.667. The fourth-order valence-corrected chi connectivity index (χ4v) is 1.60. The van der Waals surface area contributed by atoms with Crippen LogP contribution in [0.1, 0.15) is 5.56 Å². The van der Waals surface area contributed by atoms with Crippen molar-refractivity contribution in [1.29, 1.82) is 0 Å². The summed E-state index contributed by atoms with van der Waals surface area (Å²) in [7, 11) is 1.88. The molecule has 0 atom stereocenters. The van der Waals surface area contributed by atoms with Crippen LogP contribution in [0.4, 0.5) is 5.82 Å². The maximum Gasteiger partial charge on any atom is 0.245 e. The van der Waals surface area contributed by atoms with Crippen molar-refractivity contribution in [3.8, 4) is 0 Å². The minimum Gasteiger partial charge on any atom is -0.367 e. The van der Waals surface area contributed by atoms with Crippen molar-refractivity contribution in [2.45, 2.75) is 6.42 Å². The molecule has 0 saturated carbocycles. The van der Waals surface area contributed by atoms with E-state index in [4.69, 9.17) is 23.2 Å². The Morgan fingerprint density at radius 1 is 1.35 bits per heavy atom. The molecule has 2 aromatic heterocycles. The van der Waals surface area contributed by atoms with Crippen LogP contribution in [0.3, 0.4) is 0 Å². The first-order valence-electron chi connectivity index (χ1n) is 4.92. The molecule has 0 bridgehead atoms. The summed E-state index contributed by atoms with van der Waals surface area (Å²) in [5, 5.41) is 14.6. The van der Waals surface area contributed by atoms with Gasteiger partial charge in [-0.1, -0.05) is 11.6 Å². The summed E-state index contributed by atoms with van der Waals surface area (Å²) in [5.41, 5.74) is 1.13. The summed E-state index contributed by atoms with van der Waals surface area (Å²) < 4.78 is 1.76. The van der Waals surface area contributed by atoms with E-state index in [1.54, 1.807) is 4.68 Å². The molecule has 0 amide bonds. The lowest BCUT2D eigenvalue weighted by Crippen LogP contribution is -2.08. The highest BCUT2D eigenvalue weighted by molar-refractivity contribution is 6.32. The van der Waals surface area contributed by atoms with E-state index in [1.807, 2.05) is 19.4 Å². The van der Waals surface area contributed by atoms with Gasteiger partial charge >= 0.3 is 0 Å². The average molecular weight is 273 g/mol. The van der Waals surface area contributed by atoms with Gasteiger partial charge in [-0.25, -0.2) is 0 Å². The molecule has 1 N–H and O–H groups in total. The maximum atomic E-state index is 5.81. The Morgan fingerprint density at radius 3 is 2.88 bits per heavy atom. The molecule has 17 heavy (non-hydrogen) atoms. The van der Waals surface area contributed by atoms with E-state index in [-0.39, 0.29) is 10.4 Å². The topological polar surface area (TPSA) is 68.5 Å². The van der Waals surface area contributed by atoms with Gasteiger partial charge in [0.2, 0.25) is 5.28 Å². The molecule has 0 fully saturated rings. The number of aryl methyl sites for hydroxylation is 1. The van der Waals surface area contributed by atoms with E-state index in [2.05, 4.69) is 25.6 Å². The molecule has 0 unspecified atom stereocenters. The smallest absolute Gasteiger partial charge is 0.245 e. The first kappa shape index (κ1) is 12.1. The fourth-order valence-electron chi connectivity index (χ4n) is 1.33. The average Bonchev–Trinajstić information content (AvgIpc) is 2.69. The van der Waals surface area contributed by atoms with E-state index in [0.29, 0.717) is 12.4 Å². The van der Waals surface area contributed by atoms with Crippen molar-refractivity contribution in [3.63, 3.8) is 0 Å². The number of halogens is 2. The molecule has 90 valence electrons. The molecule has 2 rings (SSSR count). The third-order valence-electron chi connectivity index (χ3n) is 2.08. The fraction of sp³-hybridized carbons (Fsp3) is 0.333. The van der Waals surface area contributed by atoms with Gasteiger partial charge in [-0.05, 0) is 23.6 Å². The third-order valence-corrected chi connectivity index (χ3v) is 2.50. The van der Waals surface area contributed by atoms with Gasteiger partial charge in [-0.3, -0.25) is 4.68 Å². The maximum absolute atomic E-state index is 5.81. The predicted octanol–water partition coefficient (Wildman–Crippen LogP) is 1.57. The number of anilines is 1. The normalized spacial score (nSPS) is 10.5. The lowest BCUT2D eigenvalue weighted by Gasteiger charge is -2.04. The van der Waals surface area contributed by atoms with Crippen molar-refractivity contribution in [2.75, 3.05) is 11.9 Å². The molecule has 0 saturated heterocycles. The van der Waals surface area contributed by atoms with E-state index in [1.165, 1.54) is 0 Å². The minimum atomic E-state index is 0.0678. The molecule has 8 heteroatoms. The summed E-state index contributed by atoms with van der Waals surface area (Å²) >= 11 is 11.4. The minimum absolute atomic E-state index is 0.0678. The number of nitrogens with one attached hydrogen (secondary N) is 1. The highest BCUT2D eigenvalue weighted by Crippen LogP contribution is 2.16. The van der Waals surface area contributed by atoms with Gasteiger partial charge in [0, 0.05) is 19.8 Å². The Labute approximate surface area is 108 Å². The van der Waals surface area contributed by atoms with Gasteiger partial charge in [0.25, 0.3) is 0 Å². The second kappa shape index (κ2) is 5.29. The van der Waals surface area contributed by atoms with Crippen LogP contribution in [0.5, 0.6) is 0 Å². The van der Waals surface area contributed by atoms with Gasteiger partial charge in [0.1, 0.15) is 0 Å². The van der Waals surface area contributed by atoms with Crippen molar-refractivity contribution in [2.24, 2.45) is 7.05 Å². The number of rotatable bonds is 4. The van der Waals surface area contributed by atoms with Crippen LogP contribution in [0.25, 0.3) is 0 Å². The lowest BCUT2D eigenvalue weighted by atomic mass is 10.2. The quantitative estimate of drug-likeness (QED) is 0.915. The molecule has 6 nitrogen and oxygen atoms in total. The van der Waals surface area contributed by atoms with Crippen LogP contribution in [-0.2, 0) is 13.5 Å². The van der Waals surface area contributed by atoms with Gasteiger partial charge in [0.05, 0.1) is 6.20 Å². The first-order valence-corrected chi connectivity index (χ1v) is 5.68. The highest BCUT2D eigenvalue weighted by atomic mass is 35.5. The van der Waals surface area contributed by atoms with Crippen LogP contribution in [0, 0.1) is 0 Å². The molecular formula is C9H10Cl2N6. The van der Waals surface area contributed by atoms with Crippen LogP contribution in [0.15, 0.2) is 12.4 Å². The second-order valence-electron chi connectivity index (χ2n) is 3.42. The van der Waals surface area contributed by atoms with Crippen LogP contribution in [0.2, 0.25) is 10.4 Å². The van der Waals surface area contributed by atoms with E-state index in [9.17, 15) is 0 Å². The van der Waals surface area contributed by atoms with Crippen molar-refractivity contribution in [1.82, 2.24) is 25.0 Å². The number of nitrogens with zero attached hydrogens (tertiary/aromatic N) is 5.